The fourth-order valence-corrected chi connectivity index (χ4v) is 6.40. The first-order valence-electron chi connectivity index (χ1n) is 12.0. The van der Waals surface area contributed by atoms with Crippen molar-refractivity contribution >= 4 is 10.0 Å². The van der Waals surface area contributed by atoms with E-state index in [-0.39, 0.29) is 35.8 Å². The van der Waals surface area contributed by atoms with Crippen molar-refractivity contribution in [2.45, 2.75) is 75.5 Å². The van der Waals surface area contributed by atoms with Gasteiger partial charge in [-0.15, -0.1) is 0 Å². The van der Waals surface area contributed by atoms with Gasteiger partial charge in [0, 0.05) is 30.6 Å². The molecule has 0 amide bonds. The predicted molar refractivity (Wildman–Crippen MR) is 129 cm³/mol. The van der Waals surface area contributed by atoms with Crippen molar-refractivity contribution in [3.05, 3.63) is 23.8 Å². The van der Waals surface area contributed by atoms with Gasteiger partial charge in [0.1, 0.15) is 22.4 Å². The summed E-state index contributed by atoms with van der Waals surface area (Å²) in [7, 11) is -1.84. The molecular weight excluding hydrogens is 440 g/mol. The maximum atomic E-state index is 13.5. The minimum Gasteiger partial charge on any atom is -0.487 e. The molecule has 2 N–H and O–H groups in total. The summed E-state index contributed by atoms with van der Waals surface area (Å²) in [4.78, 5) is 2.28. The van der Waals surface area contributed by atoms with E-state index in [1.54, 1.807) is 19.1 Å². The topological polar surface area (TPSA) is 90.3 Å². The molecule has 0 spiro atoms. The van der Waals surface area contributed by atoms with Crippen LogP contribution in [-0.2, 0) is 10.0 Å². The Balaban J connectivity index is 2.03. The van der Waals surface area contributed by atoms with Crippen molar-refractivity contribution in [3.8, 4) is 17.6 Å². The Labute approximate surface area is 198 Å². The normalized spacial score (nSPS) is 25.3. The lowest BCUT2D eigenvalue weighted by Crippen LogP contribution is -2.49. The first-order chi connectivity index (χ1) is 15.6. The van der Waals surface area contributed by atoms with Crippen molar-refractivity contribution in [1.29, 1.82) is 0 Å². The Bertz CT molecular complexity index is 978. The highest BCUT2D eigenvalue weighted by atomic mass is 32.2. The van der Waals surface area contributed by atoms with Gasteiger partial charge >= 0.3 is 0 Å². The first-order valence-corrected chi connectivity index (χ1v) is 13.4. The van der Waals surface area contributed by atoms with Gasteiger partial charge in [0.2, 0.25) is 10.0 Å². The number of sulfonamides is 1. The molecule has 1 aliphatic heterocycles. The number of aliphatic hydroxyl groups excluding tert-OH is 1. The molecular formula is C25H38N2O5S. The van der Waals surface area contributed by atoms with Gasteiger partial charge in [-0.05, 0) is 70.8 Å². The quantitative estimate of drug-likeness (QED) is 0.611. The van der Waals surface area contributed by atoms with E-state index in [9.17, 15) is 18.6 Å². The third-order valence-electron chi connectivity index (χ3n) is 6.63. The fraction of sp³-hybridized carbons (Fsp3) is 0.680. The van der Waals surface area contributed by atoms with Crippen molar-refractivity contribution in [3.63, 3.8) is 0 Å². The molecule has 184 valence electrons. The molecule has 1 fully saturated rings. The van der Waals surface area contributed by atoms with Gasteiger partial charge in [0.25, 0.3) is 0 Å². The van der Waals surface area contributed by atoms with E-state index >= 15 is 0 Å². The van der Waals surface area contributed by atoms with Gasteiger partial charge < -0.3 is 19.8 Å². The molecule has 0 bridgehead atoms. The number of rotatable bonds is 6. The van der Waals surface area contributed by atoms with Gasteiger partial charge in [-0.2, -0.15) is 4.31 Å². The summed E-state index contributed by atoms with van der Waals surface area (Å²) < 4.78 is 34.8. The maximum Gasteiger partial charge on any atom is 0.247 e. The molecule has 3 atom stereocenters. The van der Waals surface area contributed by atoms with E-state index in [0.29, 0.717) is 24.9 Å². The fourth-order valence-electron chi connectivity index (χ4n) is 4.57. The van der Waals surface area contributed by atoms with Crippen LogP contribution in [0.4, 0.5) is 0 Å². The highest BCUT2D eigenvalue weighted by Crippen LogP contribution is 2.34. The van der Waals surface area contributed by atoms with E-state index in [0.717, 1.165) is 25.8 Å². The average molecular weight is 479 g/mol. The Hall–Kier alpha value is -1.63. The van der Waals surface area contributed by atoms with Crippen LogP contribution in [0.15, 0.2) is 23.1 Å². The van der Waals surface area contributed by atoms with Crippen molar-refractivity contribution in [1.82, 2.24) is 9.21 Å². The molecule has 7 nitrogen and oxygen atoms in total. The van der Waals surface area contributed by atoms with Crippen LogP contribution in [0.25, 0.3) is 0 Å². The molecule has 0 saturated heterocycles. The maximum absolute atomic E-state index is 13.5. The Morgan fingerprint density at radius 3 is 2.67 bits per heavy atom. The minimum absolute atomic E-state index is 0.0861. The van der Waals surface area contributed by atoms with Crippen LogP contribution in [0.2, 0.25) is 0 Å². The number of ether oxygens (including phenoxy) is 1. The highest BCUT2D eigenvalue weighted by Gasteiger charge is 2.38. The van der Waals surface area contributed by atoms with Crippen LogP contribution < -0.4 is 4.74 Å². The summed E-state index contributed by atoms with van der Waals surface area (Å²) in [5, 5.41) is 20.3. The second kappa shape index (κ2) is 10.7. The van der Waals surface area contributed by atoms with E-state index in [4.69, 9.17) is 4.74 Å². The molecule has 33 heavy (non-hydrogen) atoms. The molecule has 0 radical (unpaired) electrons. The standard InChI is InChI=1S/C25H38N2O5S/c1-5-14-26(4)17-23-19(2)16-27(20(3)18-28)33(30,31)24-9-8-21(15-22(24)32-23)10-13-25(29)11-6-7-12-25/h8-9,15,19-20,23,28-29H,5-7,11-12,14,16-18H2,1-4H3/t19-,20+,23-/m0/s1. The third kappa shape index (κ3) is 6.09. The average Bonchev–Trinajstić information content (AvgIpc) is 3.21. The molecule has 1 heterocycles. The summed E-state index contributed by atoms with van der Waals surface area (Å²) in [5.41, 5.74) is -0.357. The molecule has 1 aromatic carbocycles. The molecule has 0 aromatic heterocycles. The van der Waals surface area contributed by atoms with Gasteiger partial charge in [-0.3, -0.25) is 0 Å². The number of fused-ring (bicyclic) bond motifs is 1. The second-order valence-corrected chi connectivity index (χ2v) is 11.5. The van der Waals surface area contributed by atoms with E-state index in [2.05, 4.69) is 23.7 Å². The first kappa shape index (κ1) is 26.0. The van der Waals surface area contributed by atoms with E-state index < -0.39 is 21.7 Å². The summed E-state index contributed by atoms with van der Waals surface area (Å²) in [6.45, 7) is 7.40. The third-order valence-corrected chi connectivity index (χ3v) is 8.65. The Morgan fingerprint density at radius 2 is 2.03 bits per heavy atom. The number of benzene rings is 1. The lowest BCUT2D eigenvalue weighted by atomic mass is 10.0. The monoisotopic (exact) mass is 478 g/mol. The summed E-state index contributed by atoms with van der Waals surface area (Å²) in [6, 6.07) is 4.32. The molecule has 1 aromatic rings. The molecule has 2 aliphatic rings. The molecule has 1 saturated carbocycles. The second-order valence-electron chi connectivity index (χ2n) is 9.65. The molecule has 8 heteroatoms. The largest absolute Gasteiger partial charge is 0.487 e. The predicted octanol–water partition coefficient (Wildman–Crippen LogP) is 2.45. The van der Waals surface area contributed by atoms with E-state index in [1.165, 1.54) is 10.4 Å². The van der Waals surface area contributed by atoms with Crippen LogP contribution in [0.1, 0.15) is 58.4 Å². The minimum atomic E-state index is -3.87. The highest BCUT2D eigenvalue weighted by molar-refractivity contribution is 7.89. The van der Waals surface area contributed by atoms with Crippen LogP contribution in [0, 0.1) is 17.8 Å². The van der Waals surface area contributed by atoms with Gasteiger partial charge in [0.05, 0.1) is 6.61 Å². The van der Waals surface area contributed by atoms with Crippen LogP contribution in [0.5, 0.6) is 5.75 Å². The van der Waals surface area contributed by atoms with Gasteiger partial charge in [-0.1, -0.05) is 25.7 Å². The van der Waals surface area contributed by atoms with Crippen LogP contribution in [-0.4, -0.2) is 78.9 Å². The summed E-state index contributed by atoms with van der Waals surface area (Å²) in [5.74, 6) is 6.20. The lowest BCUT2D eigenvalue weighted by Gasteiger charge is -2.37. The lowest BCUT2D eigenvalue weighted by molar-refractivity contribution is 0.0752. The molecule has 1 aliphatic carbocycles. The zero-order valence-electron chi connectivity index (χ0n) is 20.2. The van der Waals surface area contributed by atoms with E-state index in [1.807, 2.05) is 14.0 Å². The molecule has 0 unspecified atom stereocenters. The van der Waals surface area contributed by atoms with Crippen molar-refractivity contribution < 1.29 is 23.4 Å². The summed E-state index contributed by atoms with van der Waals surface area (Å²) in [6.07, 6.45) is 4.02. The zero-order valence-corrected chi connectivity index (χ0v) is 21.1. The summed E-state index contributed by atoms with van der Waals surface area (Å²) >= 11 is 0. The number of aliphatic hydroxyl groups is 2. The zero-order chi connectivity index (χ0) is 24.2. The smallest absolute Gasteiger partial charge is 0.247 e. The Kier molecular flexibility index (Phi) is 8.46. The number of likely N-dealkylation sites (N-methyl/N-ethyl adjacent to an activating group) is 1. The number of hydrogen-bond donors (Lipinski definition) is 2. The van der Waals surface area contributed by atoms with Gasteiger partial charge in [-0.25, -0.2) is 8.42 Å². The number of hydrogen-bond acceptors (Lipinski definition) is 6. The number of nitrogens with zero attached hydrogens (tertiary/aromatic N) is 2. The van der Waals surface area contributed by atoms with Crippen LogP contribution >= 0.6 is 0 Å². The van der Waals surface area contributed by atoms with Crippen LogP contribution in [0.3, 0.4) is 0 Å². The SMILES string of the molecule is CCCN(C)C[C@@H]1Oc2cc(C#CC3(O)CCCC3)ccc2S(=O)(=O)N([C@H](C)CO)C[C@@H]1C. The van der Waals surface area contributed by atoms with Gasteiger partial charge in [0.15, 0.2) is 0 Å². The molecule has 3 rings (SSSR count). The van der Waals surface area contributed by atoms with Crippen molar-refractivity contribution in [2.24, 2.45) is 5.92 Å². The Morgan fingerprint density at radius 1 is 1.33 bits per heavy atom. The van der Waals surface area contributed by atoms with Crippen molar-refractivity contribution in [2.75, 3.05) is 33.3 Å².